The fourth-order valence-corrected chi connectivity index (χ4v) is 2.93. The third-order valence-corrected chi connectivity index (χ3v) is 4.59. The minimum atomic E-state index is -1.21. The molecule has 0 unspecified atom stereocenters. The van der Waals surface area contributed by atoms with Gasteiger partial charge in [-0.2, -0.15) is 5.10 Å². The van der Waals surface area contributed by atoms with E-state index in [0.717, 1.165) is 5.56 Å². The number of rotatable bonds is 4. The molecule has 1 aromatic heterocycles. The van der Waals surface area contributed by atoms with Gasteiger partial charge in [-0.05, 0) is 32.0 Å². The molecule has 1 N–H and O–H groups in total. The Hall–Kier alpha value is -3.61. The van der Waals surface area contributed by atoms with E-state index in [1.807, 2.05) is 30.3 Å². The molecule has 0 radical (unpaired) electrons. The van der Waals surface area contributed by atoms with Gasteiger partial charge >= 0.3 is 0 Å². The van der Waals surface area contributed by atoms with E-state index in [0.29, 0.717) is 22.9 Å². The molecule has 4 rings (SSSR count). The standard InChI is InChI=1S/C21H19N3O4/c1-21(2,20(26)22-15-8-10-17-18(12-15)28-13-27-17)24-19(25)11-9-16(23-24)14-6-4-3-5-7-14/h3-12H,13H2,1-2H3,(H,22,26). The van der Waals surface area contributed by atoms with Crippen molar-refractivity contribution >= 4 is 11.6 Å². The predicted octanol–water partition coefficient (Wildman–Crippen LogP) is 3.01. The van der Waals surface area contributed by atoms with Crippen molar-refractivity contribution < 1.29 is 14.3 Å². The maximum Gasteiger partial charge on any atom is 0.267 e. The Labute approximate surface area is 161 Å². The molecule has 142 valence electrons. The SMILES string of the molecule is CC(C)(C(=O)Nc1ccc2c(c1)OCO2)n1nc(-c2ccccc2)ccc1=O. The molecule has 0 spiro atoms. The molecule has 0 atom stereocenters. The summed E-state index contributed by atoms with van der Waals surface area (Å²) in [7, 11) is 0. The molecule has 2 heterocycles. The lowest BCUT2D eigenvalue weighted by Crippen LogP contribution is -2.47. The lowest BCUT2D eigenvalue weighted by Gasteiger charge is -2.25. The number of benzene rings is 2. The summed E-state index contributed by atoms with van der Waals surface area (Å²) in [6.07, 6.45) is 0. The fourth-order valence-electron chi connectivity index (χ4n) is 2.93. The van der Waals surface area contributed by atoms with E-state index < -0.39 is 5.54 Å². The maximum absolute atomic E-state index is 13.0. The van der Waals surface area contributed by atoms with Crippen molar-refractivity contribution in [2.45, 2.75) is 19.4 Å². The van der Waals surface area contributed by atoms with Gasteiger partial charge in [0.2, 0.25) is 6.79 Å². The molecule has 1 aliphatic heterocycles. The average molecular weight is 377 g/mol. The van der Waals surface area contributed by atoms with Crippen LogP contribution in [0.5, 0.6) is 11.5 Å². The van der Waals surface area contributed by atoms with Gasteiger partial charge in [0, 0.05) is 23.4 Å². The van der Waals surface area contributed by atoms with Crippen LogP contribution in [-0.4, -0.2) is 22.5 Å². The van der Waals surface area contributed by atoms with Crippen LogP contribution >= 0.6 is 0 Å². The zero-order chi connectivity index (χ0) is 19.7. The van der Waals surface area contributed by atoms with Crippen LogP contribution in [0.15, 0.2) is 65.5 Å². The van der Waals surface area contributed by atoms with Gasteiger partial charge in [0.25, 0.3) is 11.5 Å². The average Bonchev–Trinajstić information content (AvgIpc) is 3.16. The third kappa shape index (κ3) is 3.22. The number of nitrogens with one attached hydrogen (secondary N) is 1. The van der Waals surface area contributed by atoms with Gasteiger partial charge in [0.15, 0.2) is 11.5 Å². The smallest absolute Gasteiger partial charge is 0.267 e. The summed E-state index contributed by atoms with van der Waals surface area (Å²) in [6, 6.07) is 17.7. The molecule has 0 saturated carbocycles. The van der Waals surface area contributed by atoms with Crippen LogP contribution in [0.4, 0.5) is 5.69 Å². The van der Waals surface area contributed by atoms with Crippen LogP contribution in [-0.2, 0) is 10.3 Å². The molecule has 0 bridgehead atoms. The number of hydrogen-bond acceptors (Lipinski definition) is 5. The first kappa shape index (κ1) is 17.8. The van der Waals surface area contributed by atoms with E-state index in [-0.39, 0.29) is 18.3 Å². The maximum atomic E-state index is 13.0. The highest BCUT2D eigenvalue weighted by atomic mass is 16.7. The number of aromatic nitrogens is 2. The number of fused-ring (bicyclic) bond motifs is 1. The molecule has 0 aliphatic carbocycles. The van der Waals surface area contributed by atoms with E-state index in [4.69, 9.17) is 9.47 Å². The third-order valence-electron chi connectivity index (χ3n) is 4.59. The van der Waals surface area contributed by atoms with E-state index in [1.165, 1.54) is 10.7 Å². The summed E-state index contributed by atoms with van der Waals surface area (Å²) in [6.45, 7) is 3.46. The second-order valence-electron chi connectivity index (χ2n) is 6.92. The molecular formula is C21H19N3O4. The first-order chi connectivity index (χ1) is 13.4. The molecule has 2 aromatic carbocycles. The van der Waals surface area contributed by atoms with Crippen molar-refractivity contribution in [2.24, 2.45) is 0 Å². The van der Waals surface area contributed by atoms with Gasteiger partial charge < -0.3 is 14.8 Å². The summed E-state index contributed by atoms with van der Waals surface area (Å²) in [5.74, 6) is 0.828. The molecule has 1 amide bonds. The molecule has 7 heteroatoms. The van der Waals surface area contributed by atoms with Crippen molar-refractivity contribution in [3.63, 3.8) is 0 Å². The van der Waals surface area contributed by atoms with Crippen molar-refractivity contribution in [3.05, 3.63) is 71.0 Å². The van der Waals surface area contributed by atoms with Gasteiger partial charge in [-0.25, -0.2) is 4.68 Å². The topological polar surface area (TPSA) is 82.4 Å². The number of amides is 1. The largest absolute Gasteiger partial charge is 0.454 e. The Morgan fingerprint density at radius 2 is 1.79 bits per heavy atom. The molecule has 28 heavy (non-hydrogen) atoms. The van der Waals surface area contributed by atoms with Crippen LogP contribution in [0, 0.1) is 0 Å². The lowest BCUT2D eigenvalue weighted by molar-refractivity contribution is -0.123. The zero-order valence-corrected chi connectivity index (χ0v) is 15.5. The Bertz CT molecular complexity index is 1090. The molecule has 0 saturated heterocycles. The highest BCUT2D eigenvalue weighted by molar-refractivity contribution is 5.96. The lowest BCUT2D eigenvalue weighted by atomic mass is 10.0. The molecule has 1 aliphatic rings. The van der Waals surface area contributed by atoms with Gasteiger partial charge in [-0.3, -0.25) is 9.59 Å². The first-order valence-electron chi connectivity index (χ1n) is 8.82. The number of nitrogens with zero attached hydrogens (tertiary/aromatic N) is 2. The summed E-state index contributed by atoms with van der Waals surface area (Å²) < 4.78 is 11.8. The van der Waals surface area contributed by atoms with Gasteiger partial charge in [0.1, 0.15) is 5.54 Å². The van der Waals surface area contributed by atoms with Crippen molar-refractivity contribution in [3.8, 4) is 22.8 Å². The number of hydrogen-bond donors (Lipinski definition) is 1. The highest BCUT2D eigenvalue weighted by Gasteiger charge is 2.32. The van der Waals surface area contributed by atoms with E-state index in [1.54, 1.807) is 38.1 Å². The van der Waals surface area contributed by atoms with E-state index >= 15 is 0 Å². The molecule has 7 nitrogen and oxygen atoms in total. The Morgan fingerprint density at radius 3 is 2.57 bits per heavy atom. The van der Waals surface area contributed by atoms with Crippen LogP contribution in [0.3, 0.4) is 0 Å². The van der Waals surface area contributed by atoms with Crippen LogP contribution < -0.4 is 20.3 Å². The minimum Gasteiger partial charge on any atom is -0.454 e. The Kier molecular flexibility index (Phi) is 4.35. The molecule has 0 fully saturated rings. The van der Waals surface area contributed by atoms with Crippen LogP contribution in [0.2, 0.25) is 0 Å². The number of carbonyl (C=O) groups excluding carboxylic acids is 1. The number of ether oxygens (including phenoxy) is 2. The van der Waals surface area contributed by atoms with Crippen LogP contribution in [0.1, 0.15) is 13.8 Å². The molecular weight excluding hydrogens is 358 g/mol. The second-order valence-corrected chi connectivity index (χ2v) is 6.92. The van der Waals surface area contributed by atoms with E-state index in [9.17, 15) is 9.59 Å². The zero-order valence-electron chi connectivity index (χ0n) is 15.5. The van der Waals surface area contributed by atoms with Crippen molar-refractivity contribution in [2.75, 3.05) is 12.1 Å². The van der Waals surface area contributed by atoms with Gasteiger partial charge in [-0.1, -0.05) is 30.3 Å². The van der Waals surface area contributed by atoms with Gasteiger partial charge in [-0.15, -0.1) is 0 Å². The first-order valence-corrected chi connectivity index (χ1v) is 8.82. The normalized spacial score (nSPS) is 12.6. The van der Waals surface area contributed by atoms with Crippen molar-refractivity contribution in [1.29, 1.82) is 0 Å². The molecule has 3 aromatic rings. The van der Waals surface area contributed by atoms with E-state index in [2.05, 4.69) is 10.4 Å². The summed E-state index contributed by atoms with van der Waals surface area (Å²) in [4.78, 5) is 25.4. The Balaban J connectivity index is 1.64. The minimum absolute atomic E-state index is 0.157. The fraction of sp³-hybridized carbons (Fsp3) is 0.190. The Morgan fingerprint density at radius 1 is 1.04 bits per heavy atom. The van der Waals surface area contributed by atoms with Gasteiger partial charge in [0.05, 0.1) is 5.69 Å². The summed E-state index contributed by atoms with van der Waals surface area (Å²) in [5.41, 5.74) is 0.464. The van der Waals surface area contributed by atoms with Crippen LogP contribution in [0.25, 0.3) is 11.3 Å². The summed E-state index contributed by atoms with van der Waals surface area (Å²) in [5, 5.41) is 7.26. The predicted molar refractivity (Wildman–Crippen MR) is 104 cm³/mol. The number of anilines is 1. The van der Waals surface area contributed by atoms with Crippen molar-refractivity contribution in [1.82, 2.24) is 9.78 Å². The monoisotopic (exact) mass is 377 g/mol. The summed E-state index contributed by atoms with van der Waals surface area (Å²) >= 11 is 0. The quantitative estimate of drug-likeness (QED) is 0.756. The highest BCUT2D eigenvalue weighted by Crippen LogP contribution is 2.34. The second kappa shape index (κ2) is 6.84. The number of carbonyl (C=O) groups is 1.